The first-order valence-corrected chi connectivity index (χ1v) is 7.90. The van der Waals surface area contributed by atoms with Crippen LogP contribution in [0.5, 0.6) is 5.75 Å². The third kappa shape index (κ3) is 4.56. The Morgan fingerprint density at radius 2 is 1.70 bits per heavy atom. The summed E-state index contributed by atoms with van der Waals surface area (Å²) in [5.74, 6) is -0.194. The van der Waals surface area contributed by atoms with Gasteiger partial charge in [-0.1, -0.05) is 28.1 Å². The van der Waals surface area contributed by atoms with Crippen molar-refractivity contribution >= 4 is 27.7 Å². The zero-order valence-electron chi connectivity index (χ0n) is 12.9. The molecule has 0 unspecified atom stereocenters. The molecule has 2 amide bonds. The van der Waals surface area contributed by atoms with Gasteiger partial charge in [0.2, 0.25) is 0 Å². The molecule has 0 atom stereocenters. The van der Waals surface area contributed by atoms with Crippen LogP contribution in [0.4, 0.5) is 0 Å². The van der Waals surface area contributed by atoms with Crippen molar-refractivity contribution in [1.29, 1.82) is 0 Å². The number of amides is 2. The topological polar surface area (TPSA) is 67.4 Å². The van der Waals surface area contributed by atoms with Gasteiger partial charge < -0.3 is 4.74 Å². The van der Waals surface area contributed by atoms with Crippen molar-refractivity contribution in [3.63, 3.8) is 0 Å². The van der Waals surface area contributed by atoms with E-state index in [4.69, 9.17) is 4.74 Å². The molecule has 0 heterocycles. The normalized spacial score (nSPS) is 10.0. The van der Waals surface area contributed by atoms with Gasteiger partial charge in [0.15, 0.2) is 0 Å². The van der Waals surface area contributed by atoms with Crippen LogP contribution in [0.1, 0.15) is 33.2 Å². The maximum atomic E-state index is 12.1. The molecule has 0 saturated heterocycles. The Morgan fingerprint density at radius 1 is 1.04 bits per heavy atom. The van der Waals surface area contributed by atoms with Crippen LogP contribution in [0.25, 0.3) is 0 Å². The van der Waals surface area contributed by atoms with Gasteiger partial charge in [0.25, 0.3) is 11.8 Å². The van der Waals surface area contributed by atoms with E-state index < -0.39 is 5.91 Å². The average molecular weight is 377 g/mol. The van der Waals surface area contributed by atoms with Crippen molar-refractivity contribution in [3.05, 3.63) is 63.6 Å². The highest BCUT2D eigenvalue weighted by atomic mass is 79.9. The summed E-state index contributed by atoms with van der Waals surface area (Å²) < 4.78 is 6.18. The van der Waals surface area contributed by atoms with Crippen molar-refractivity contribution < 1.29 is 14.3 Å². The van der Waals surface area contributed by atoms with Gasteiger partial charge in [0.05, 0.1) is 6.61 Å². The maximum absolute atomic E-state index is 12.1. The largest absolute Gasteiger partial charge is 0.494 e. The molecule has 2 rings (SSSR count). The maximum Gasteiger partial charge on any atom is 0.269 e. The van der Waals surface area contributed by atoms with E-state index in [1.165, 1.54) is 0 Å². The molecule has 0 spiro atoms. The van der Waals surface area contributed by atoms with Gasteiger partial charge in [0, 0.05) is 15.6 Å². The molecule has 0 aliphatic carbocycles. The third-order valence-corrected chi connectivity index (χ3v) is 3.99. The number of hydrogen-bond acceptors (Lipinski definition) is 3. The van der Waals surface area contributed by atoms with Crippen molar-refractivity contribution in [2.24, 2.45) is 0 Å². The standard InChI is InChI=1S/C17H17BrN2O3/c1-3-23-14-6-4-5-12(9-14)16(21)19-20-17(22)13-8-7-11(2)15(18)10-13/h4-10H,3H2,1-2H3,(H,19,21)(H,20,22). The Balaban J connectivity index is 1.99. The molecule has 0 aliphatic heterocycles. The van der Waals surface area contributed by atoms with Gasteiger partial charge in [-0.2, -0.15) is 0 Å². The number of carbonyl (C=O) groups is 2. The number of aryl methyl sites for hydroxylation is 1. The SMILES string of the molecule is CCOc1cccc(C(=O)NNC(=O)c2ccc(C)c(Br)c2)c1. The fourth-order valence-corrected chi connectivity index (χ4v) is 2.26. The first kappa shape index (κ1) is 17.0. The highest BCUT2D eigenvalue weighted by Gasteiger charge is 2.10. The van der Waals surface area contributed by atoms with E-state index in [1.807, 2.05) is 19.9 Å². The second-order valence-electron chi connectivity index (χ2n) is 4.83. The molecule has 0 bridgehead atoms. The summed E-state index contributed by atoms with van der Waals surface area (Å²) in [7, 11) is 0. The predicted molar refractivity (Wildman–Crippen MR) is 91.4 cm³/mol. The van der Waals surface area contributed by atoms with E-state index in [2.05, 4.69) is 26.8 Å². The minimum absolute atomic E-state index is 0.389. The van der Waals surface area contributed by atoms with Gasteiger partial charge in [-0.25, -0.2) is 0 Å². The fraction of sp³-hybridized carbons (Fsp3) is 0.176. The van der Waals surface area contributed by atoms with Crippen LogP contribution in [-0.4, -0.2) is 18.4 Å². The lowest BCUT2D eigenvalue weighted by molar-refractivity contribution is 0.0846. The molecule has 0 radical (unpaired) electrons. The van der Waals surface area contributed by atoms with E-state index in [9.17, 15) is 9.59 Å². The first-order valence-electron chi connectivity index (χ1n) is 7.11. The summed E-state index contributed by atoms with van der Waals surface area (Å²) in [6.45, 7) is 4.32. The summed E-state index contributed by atoms with van der Waals surface area (Å²) in [4.78, 5) is 24.1. The van der Waals surface area contributed by atoms with Crippen LogP contribution in [0.15, 0.2) is 46.9 Å². The van der Waals surface area contributed by atoms with Gasteiger partial charge in [0.1, 0.15) is 5.75 Å². The quantitative estimate of drug-likeness (QED) is 0.804. The number of rotatable bonds is 4. The number of hydrogen-bond donors (Lipinski definition) is 2. The highest BCUT2D eigenvalue weighted by molar-refractivity contribution is 9.10. The zero-order chi connectivity index (χ0) is 16.8. The Bertz CT molecular complexity index is 732. The molecule has 120 valence electrons. The first-order chi connectivity index (χ1) is 11.0. The summed E-state index contributed by atoms with van der Waals surface area (Å²) in [6, 6.07) is 12.0. The smallest absolute Gasteiger partial charge is 0.269 e. The van der Waals surface area contributed by atoms with Crippen LogP contribution < -0.4 is 15.6 Å². The summed E-state index contributed by atoms with van der Waals surface area (Å²) in [6.07, 6.45) is 0. The lowest BCUT2D eigenvalue weighted by Gasteiger charge is -2.09. The number of nitrogens with one attached hydrogen (secondary N) is 2. The van der Waals surface area contributed by atoms with Crippen molar-refractivity contribution in [2.75, 3.05) is 6.61 Å². The Morgan fingerprint density at radius 3 is 2.30 bits per heavy atom. The van der Waals surface area contributed by atoms with Crippen LogP contribution in [0, 0.1) is 6.92 Å². The minimum Gasteiger partial charge on any atom is -0.494 e. The number of ether oxygens (including phenoxy) is 1. The molecule has 23 heavy (non-hydrogen) atoms. The lowest BCUT2D eigenvalue weighted by atomic mass is 10.1. The molecule has 2 aromatic rings. The average Bonchev–Trinajstić information content (AvgIpc) is 2.55. The van der Waals surface area contributed by atoms with Crippen molar-refractivity contribution in [2.45, 2.75) is 13.8 Å². The summed E-state index contributed by atoms with van der Waals surface area (Å²) >= 11 is 3.37. The number of halogens is 1. The van der Waals surface area contributed by atoms with Crippen LogP contribution in [0.3, 0.4) is 0 Å². The molecule has 2 N–H and O–H groups in total. The van der Waals surface area contributed by atoms with Crippen molar-refractivity contribution in [3.8, 4) is 5.75 Å². The second-order valence-corrected chi connectivity index (χ2v) is 5.69. The molecule has 2 aromatic carbocycles. The molecule has 0 aromatic heterocycles. The zero-order valence-corrected chi connectivity index (χ0v) is 14.4. The molecule has 0 saturated carbocycles. The van der Waals surface area contributed by atoms with Crippen LogP contribution in [-0.2, 0) is 0 Å². The lowest BCUT2D eigenvalue weighted by Crippen LogP contribution is -2.41. The molecular weight excluding hydrogens is 360 g/mol. The Hall–Kier alpha value is -2.34. The molecule has 0 fully saturated rings. The number of hydrazine groups is 1. The van der Waals surface area contributed by atoms with Gasteiger partial charge in [-0.3, -0.25) is 20.4 Å². The Kier molecular flexibility index (Phi) is 5.76. The highest BCUT2D eigenvalue weighted by Crippen LogP contribution is 2.17. The van der Waals surface area contributed by atoms with Gasteiger partial charge in [-0.05, 0) is 49.7 Å². The van der Waals surface area contributed by atoms with E-state index in [1.54, 1.807) is 36.4 Å². The van der Waals surface area contributed by atoms with Crippen LogP contribution >= 0.6 is 15.9 Å². The predicted octanol–water partition coefficient (Wildman–Crippen LogP) is 3.23. The Labute approximate surface area is 143 Å². The summed E-state index contributed by atoms with van der Waals surface area (Å²) in [5, 5.41) is 0. The number of benzene rings is 2. The van der Waals surface area contributed by atoms with Gasteiger partial charge in [-0.15, -0.1) is 0 Å². The third-order valence-electron chi connectivity index (χ3n) is 3.13. The van der Waals surface area contributed by atoms with Crippen molar-refractivity contribution in [1.82, 2.24) is 10.9 Å². The van der Waals surface area contributed by atoms with E-state index in [-0.39, 0.29) is 5.91 Å². The molecule has 0 aliphatic rings. The van der Waals surface area contributed by atoms with E-state index >= 15 is 0 Å². The number of carbonyl (C=O) groups excluding carboxylic acids is 2. The molecular formula is C17H17BrN2O3. The second kappa shape index (κ2) is 7.78. The minimum atomic E-state index is -0.411. The fourth-order valence-electron chi connectivity index (χ4n) is 1.89. The monoisotopic (exact) mass is 376 g/mol. The van der Waals surface area contributed by atoms with Crippen LogP contribution in [0.2, 0.25) is 0 Å². The van der Waals surface area contributed by atoms with E-state index in [0.717, 1.165) is 10.0 Å². The van der Waals surface area contributed by atoms with Gasteiger partial charge >= 0.3 is 0 Å². The summed E-state index contributed by atoms with van der Waals surface area (Å²) in [5.41, 5.74) is 6.67. The van der Waals surface area contributed by atoms with E-state index in [0.29, 0.717) is 23.5 Å². The molecule has 6 heteroatoms. The molecule has 5 nitrogen and oxygen atoms in total.